The van der Waals surface area contributed by atoms with E-state index in [1.807, 2.05) is 0 Å². The molecule has 2 heterocycles. The molecular formula is C51H38N2. The van der Waals surface area contributed by atoms with Gasteiger partial charge in [0.1, 0.15) is 0 Å². The molecule has 2 heteroatoms. The molecule has 0 spiro atoms. The number of nitrogens with zero attached hydrogens (tertiary/aromatic N) is 2. The van der Waals surface area contributed by atoms with Gasteiger partial charge in [-0.15, -0.1) is 0 Å². The zero-order chi connectivity index (χ0) is 35.2. The lowest BCUT2D eigenvalue weighted by Crippen LogP contribution is -2.04. The molecule has 0 atom stereocenters. The topological polar surface area (TPSA) is 9.86 Å². The molecule has 11 rings (SSSR count). The minimum Gasteiger partial charge on any atom is -0.311 e. The number of hydrogen-bond acceptors (Lipinski definition) is 0. The first-order chi connectivity index (χ1) is 26.1. The van der Waals surface area contributed by atoms with Gasteiger partial charge in [0, 0.05) is 38.8 Å². The van der Waals surface area contributed by atoms with Crippen molar-refractivity contribution >= 4 is 38.8 Å². The molecule has 2 aromatic heterocycles. The van der Waals surface area contributed by atoms with E-state index in [2.05, 4.69) is 181 Å². The van der Waals surface area contributed by atoms with Crippen LogP contribution in [0.5, 0.6) is 0 Å². The third-order valence-electron chi connectivity index (χ3n) is 11.9. The molecule has 0 saturated heterocycles. The van der Waals surface area contributed by atoms with Gasteiger partial charge >= 0.3 is 0 Å². The maximum Gasteiger partial charge on any atom is 0.0788 e. The highest BCUT2D eigenvalue weighted by atomic mass is 15.0. The van der Waals surface area contributed by atoms with Crippen LogP contribution in [0.1, 0.15) is 39.9 Å². The molecule has 0 N–H and O–H groups in total. The molecule has 53 heavy (non-hydrogen) atoms. The summed E-state index contributed by atoms with van der Waals surface area (Å²) in [4.78, 5) is 0. The van der Waals surface area contributed by atoms with Crippen molar-refractivity contribution < 1.29 is 0 Å². The molecule has 2 aliphatic rings. The van der Waals surface area contributed by atoms with E-state index in [1.165, 1.54) is 111 Å². The molecule has 7 aromatic carbocycles. The predicted molar refractivity (Wildman–Crippen MR) is 224 cm³/mol. The summed E-state index contributed by atoms with van der Waals surface area (Å²) in [5.74, 6) is 0. The number of allylic oxidation sites excluding steroid dienone is 1. The highest BCUT2D eigenvalue weighted by Gasteiger charge is 2.25. The average Bonchev–Trinajstić information content (AvgIpc) is 3.86. The second-order valence-electron chi connectivity index (χ2n) is 14.9. The SMILES string of the molecule is Cc1cc(-n2c3ccccc3c3ccc4c5c(n(-c6ccccc6)c4c32)CCC=C5)ccc1-c1c(C)cccc1-c1ccc2c(c1)Cc1ccccc1-2. The van der Waals surface area contributed by atoms with E-state index in [4.69, 9.17) is 0 Å². The molecular weight excluding hydrogens is 641 g/mol. The molecule has 0 aliphatic heterocycles. The van der Waals surface area contributed by atoms with Crippen LogP contribution in [-0.2, 0) is 12.8 Å². The second-order valence-corrected chi connectivity index (χ2v) is 14.9. The largest absolute Gasteiger partial charge is 0.311 e. The molecule has 0 fully saturated rings. The van der Waals surface area contributed by atoms with Gasteiger partial charge in [-0.1, -0.05) is 127 Å². The number of rotatable bonds is 4. The van der Waals surface area contributed by atoms with Crippen LogP contribution in [0.4, 0.5) is 0 Å². The van der Waals surface area contributed by atoms with Crippen molar-refractivity contribution in [3.05, 3.63) is 185 Å². The van der Waals surface area contributed by atoms with Crippen molar-refractivity contribution in [2.45, 2.75) is 33.1 Å². The maximum atomic E-state index is 2.54. The van der Waals surface area contributed by atoms with Crippen molar-refractivity contribution in [1.29, 1.82) is 0 Å². The molecule has 0 amide bonds. The zero-order valence-electron chi connectivity index (χ0n) is 30.0. The summed E-state index contributed by atoms with van der Waals surface area (Å²) in [7, 11) is 0. The Bertz CT molecular complexity index is 2990. The number of aromatic nitrogens is 2. The molecule has 2 nitrogen and oxygen atoms in total. The number of aryl methyl sites for hydroxylation is 2. The Balaban J connectivity index is 1.12. The second kappa shape index (κ2) is 11.6. The van der Waals surface area contributed by atoms with Crippen LogP contribution in [0.25, 0.3) is 83.5 Å². The van der Waals surface area contributed by atoms with Gasteiger partial charge in [-0.2, -0.15) is 0 Å². The van der Waals surface area contributed by atoms with Crippen LogP contribution >= 0.6 is 0 Å². The smallest absolute Gasteiger partial charge is 0.0788 e. The first-order valence-electron chi connectivity index (χ1n) is 18.9. The van der Waals surface area contributed by atoms with Gasteiger partial charge in [-0.3, -0.25) is 0 Å². The molecule has 0 saturated carbocycles. The Kier molecular flexibility index (Phi) is 6.60. The van der Waals surface area contributed by atoms with Crippen LogP contribution in [0.2, 0.25) is 0 Å². The summed E-state index contributed by atoms with van der Waals surface area (Å²) in [5.41, 5.74) is 22.2. The van der Waals surface area contributed by atoms with Gasteiger partial charge < -0.3 is 9.13 Å². The number of benzene rings is 7. The summed E-state index contributed by atoms with van der Waals surface area (Å²) in [6.45, 7) is 4.54. The Morgan fingerprint density at radius 3 is 2.15 bits per heavy atom. The van der Waals surface area contributed by atoms with E-state index in [-0.39, 0.29) is 0 Å². The summed E-state index contributed by atoms with van der Waals surface area (Å²) < 4.78 is 5.07. The van der Waals surface area contributed by atoms with E-state index in [9.17, 15) is 0 Å². The highest BCUT2D eigenvalue weighted by Crippen LogP contribution is 2.45. The Morgan fingerprint density at radius 1 is 0.491 bits per heavy atom. The molecule has 252 valence electrons. The lowest BCUT2D eigenvalue weighted by molar-refractivity contribution is 0.889. The van der Waals surface area contributed by atoms with Crippen LogP contribution in [0, 0.1) is 13.8 Å². The monoisotopic (exact) mass is 678 g/mol. The van der Waals surface area contributed by atoms with Gasteiger partial charge in [0.25, 0.3) is 0 Å². The minimum atomic E-state index is 0.993. The van der Waals surface area contributed by atoms with Crippen LogP contribution in [0.3, 0.4) is 0 Å². The van der Waals surface area contributed by atoms with Gasteiger partial charge in [0.2, 0.25) is 0 Å². The number of para-hydroxylation sites is 2. The summed E-state index contributed by atoms with van der Waals surface area (Å²) in [5, 5.41) is 3.87. The summed E-state index contributed by atoms with van der Waals surface area (Å²) in [6, 6.07) is 54.4. The van der Waals surface area contributed by atoms with Crippen LogP contribution < -0.4 is 0 Å². The fraction of sp³-hybridized carbons (Fsp3) is 0.0980. The van der Waals surface area contributed by atoms with Crippen molar-refractivity contribution in [2.75, 3.05) is 0 Å². The van der Waals surface area contributed by atoms with E-state index in [0.717, 1.165) is 19.3 Å². The first kappa shape index (κ1) is 30.3. The highest BCUT2D eigenvalue weighted by molar-refractivity contribution is 6.19. The van der Waals surface area contributed by atoms with Crippen molar-refractivity contribution in [3.8, 4) is 44.8 Å². The van der Waals surface area contributed by atoms with Gasteiger partial charge in [0.05, 0.1) is 16.6 Å². The normalized spacial score (nSPS) is 13.2. The van der Waals surface area contributed by atoms with Crippen LogP contribution in [-0.4, -0.2) is 9.13 Å². The molecule has 2 aliphatic carbocycles. The van der Waals surface area contributed by atoms with E-state index < -0.39 is 0 Å². The molecule has 0 bridgehead atoms. The van der Waals surface area contributed by atoms with Crippen LogP contribution in [0.15, 0.2) is 152 Å². The lowest BCUT2D eigenvalue weighted by atomic mass is 9.88. The maximum absolute atomic E-state index is 2.54. The molecule has 9 aromatic rings. The quantitative estimate of drug-likeness (QED) is 0.175. The number of hydrogen-bond donors (Lipinski definition) is 0. The summed E-state index contributed by atoms with van der Waals surface area (Å²) in [6.07, 6.45) is 7.76. The van der Waals surface area contributed by atoms with Crippen molar-refractivity contribution in [1.82, 2.24) is 9.13 Å². The molecule has 0 radical (unpaired) electrons. The fourth-order valence-corrected chi connectivity index (χ4v) is 9.52. The Labute approximate surface area is 309 Å². The third-order valence-corrected chi connectivity index (χ3v) is 11.9. The summed E-state index contributed by atoms with van der Waals surface area (Å²) >= 11 is 0. The van der Waals surface area contributed by atoms with E-state index >= 15 is 0 Å². The Morgan fingerprint density at radius 2 is 1.25 bits per heavy atom. The minimum absolute atomic E-state index is 0.993. The van der Waals surface area contributed by atoms with Gasteiger partial charge in [0.15, 0.2) is 0 Å². The zero-order valence-corrected chi connectivity index (χ0v) is 30.0. The third kappa shape index (κ3) is 4.45. The number of fused-ring (bicyclic) bond motifs is 10. The fourth-order valence-electron chi connectivity index (χ4n) is 9.52. The van der Waals surface area contributed by atoms with Gasteiger partial charge in [-0.25, -0.2) is 0 Å². The first-order valence-corrected chi connectivity index (χ1v) is 18.9. The van der Waals surface area contributed by atoms with E-state index in [1.54, 1.807) is 0 Å². The standard InChI is InChI=1S/C51H38N2/c1-32-13-12-20-42(35-23-25-41-36(31-35)30-34-14-6-7-17-40(34)41)49(32)39-26-24-38(29-33(39)2)53-48-22-11-9-19-44(48)46-28-27-45-43-18-8-10-21-47(43)52(50(45)51(46)53)37-15-4-3-5-16-37/h3-9,11-20,22-29,31H,10,21,30H2,1-2H3. The Hall–Kier alpha value is -6.38. The van der Waals surface area contributed by atoms with E-state index in [0.29, 0.717) is 0 Å². The lowest BCUT2D eigenvalue weighted by Gasteiger charge is -2.18. The van der Waals surface area contributed by atoms with Crippen molar-refractivity contribution in [3.63, 3.8) is 0 Å². The van der Waals surface area contributed by atoms with Crippen molar-refractivity contribution in [2.24, 2.45) is 0 Å². The predicted octanol–water partition coefficient (Wildman–Crippen LogP) is 13.2. The molecule has 0 unspecified atom stereocenters. The van der Waals surface area contributed by atoms with Gasteiger partial charge in [-0.05, 0) is 119 Å². The average molecular weight is 679 g/mol.